The normalized spacial score (nSPS) is 11.3. The molecule has 0 fully saturated rings. The van der Waals surface area contributed by atoms with Crippen molar-refractivity contribution in [1.82, 2.24) is 0 Å². The molecular weight excluding hydrogens is 393 g/mol. The number of amides is 1. The number of benzene rings is 1. The first-order valence-corrected chi connectivity index (χ1v) is 9.20. The highest BCUT2D eigenvalue weighted by atomic mass is 35.5. The van der Waals surface area contributed by atoms with E-state index in [-0.39, 0.29) is 39.2 Å². The Morgan fingerprint density at radius 1 is 1.19 bits per heavy atom. The fourth-order valence-corrected chi connectivity index (χ4v) is 2.74. The third-order valence-electron chi connectivity index (χ3n) is 3.70. The van der Waals surface area contributed by atoms with Gasteiger partial charge < -0.3 is 9.47 Å². The van der Waals surface area contributed by atoms with Crippen LogP contribution in [0.3, 0.4) is 0 Å². The molecule has 0 aliphatic rings. The van der Waals surface area contributed by atoms with Crippen molar-refractivity contribution in [2.24, 2.45) is 5.92 Å². The molecule has 0 N–H and O–H groups in total. The Balaban J connectivity index is 3.64. The summed E-state index contributed by atoms with van der Waals surface area (Å²) in [6, 6.07) is 2.86. The highest BCUT2D eigenvalue weighted by Crippen LogP contribution is 2.37. The van der Waals surface area contributed by atoms with Crippen LogP contribution in [0.15, 0.2) is 24.0 Å². The maximum absolute atomic E-state index is 13.2. The number of ether oxygens (including phenoxy) is 2. The molecule has 8 heteroatoms. The molecule has 0 atom stereocenters. The maximum atomic E-state index is 13.2. The maximum Gasteiger partial charge on any atom is 0.414 e. The first kappa shape index (κ1) is 23.0. The summed E-state index contributed by atoms with van der Waals surface area (Å²) in [5.74, 6) is -1.42. The summed E-state index contributed by atoms with van der Waals surface area (Å²) < 4.78 is 9.96. The van der Waals surface area contributed by atoms with E-state index in [0.29, 0.717) is 6.61 Å². The zero-order valence-corrected chi connectivity index (χ0v) is 17.5. The molecule has 1 aromatic rings. The van der Waals surface area contributed by atoms with Crippen LogP contribution in [-0.2, 0) is 14.3 Å². The van der Waals surface area contributed by atoms with Crippen LogP contribution in [0.4, 0.5) is 10.5 Å². The van der Waals surface area contributed by atoms with Gasteiger partial charge in [0.1, 0.15) is 5.57 Å². The molecule has 0 heterocycles. The van der Waals surface area contributed by atoms with E-state index < -0.39 is 17.8 Å². The molecule has 148 valence electrons. The lowest BCUT2D eigenvalue weighted by Gasteiger charge is -2.24. The van der Waals surface area contributed by atoms with Gasteiger partial charge in [-0.2, -0.15) is 0 Å². The second-order valence-electron chi connectivity index (χ2n) is 5.81. The first-order chi connectivity index (χ1) is 12.7. The van der Waals surface area contributed by atoms with Crippen molar-refractivity contribution in [1.29, 1.82) is 0 Å². The molecule has 0 aromatic heterocycles. The van der Waals surface area contributed by atoms with Gasteiger partial charge in [0.05, 0.1) is 35.7 Å². The Morgan fingerprint density at radius 2 is 1.81 bits per heavy atom. The van der Waals surface area contributed by atoms with E-state index in [1.165, 1.54) is 24.1 Å². The number of halogens is 2. The van der Waals surface area contributed by atoms with Gasteiger partial charge in [-0.25, -0.2) is 4.79 Å². The predicted molar refractivity (Wildman–Crippen MR) is 106 cm³/mol. The first-order valence-electron chi connectivity index (χ1n) is 8.45. The summed E-state index contributed by atoms with van der Waals surface area (Å²) in [6.07, 6.45) is 0.437. The van der Waals surface area contributed by atoms with Gasteiger partial charge in [0.2, 0.25) is 5.78 Å². The molecule has 0 aliphatic heterocycles. The average Bonchev–Trinajstić information content (AvgIpc) is 2.65. The van der Waals surface area contributed by atoms with Crippen LogP contribution in [0.5, 0.6) is 0 Å². The van der Waals surface area contributed by atoms with E-state index in [4.69, 9.17) is 32.7 Å². The number of rotatable bonds is 8. The highest BCUT2D eigenvalue weighted by Gasteiger charge is 2.30. The van der Waals surface area contributed by atoms with Gasteiger partial charge in [0, 0.05) is 18.0 Å². The molecule has 0 saturated carbocycles. The van der Waals surface area contributed by atoms with Gasteiger partial charge in [-0.3, -0.25) is 14.5 Å². The van der Waals surface area contributed by atoms with E-state index >= 15 is 0 Å². The summed E-state index contributed by atoms with van der Waals surface area (Å²) in [7, 11) is 1.22. The molecule has 6 nitrogen and oxygen atoms in total. The molecule has 0 unspecified atom stereocenters. The number of Topliss-reactive ketones (excluding diaryl/α,β-unsaturated/α-hetero) is 2. The molecule has 0 radical (unpaired) electrons. The molecule has 0 spiro atoms. The van der Waals surface area contributed by atoms with Crippen LogP contribution in [0.25, 0.3) is 0 Å². The molecule has 0 bridgehead atoms. The number of hydrogen-bond donors (Lipinski definition) is 0. The monoisotopic (exact) mass is 415 g/mol. The SMILES string of the molecule is CCOC=C(C(=O)c1ccc(Cl)c(Cl)c1N(CC)C(=O)OC)C(=O)C(C)C. The van der Waals surface area contributed by atoms with Gasteiger partial charge in [-0.15, -0.1) is 0 Å². The zero-order chi connectivity index (χ0) is 20.7. The fraction of sp³-hybridized carbons (Fsp3) is 0.421. The lowest BCUT2D eigenvalue weighted by atomic mass is 9.94. The summed E-state index contributed by atoms with van der Waals surface area (Å²) >= 11 is 12.4. The number of carbonyl (C=O) groups is 3. The van der Waals surface area contributed by atoms with Crippen molar-refractivity contribution in [2.75, 3.05) is 25.2 Å². The smallest absolute Gasteiger partial charge is 0.414 e. The van der Waals surface area contributed by atoms with Gasteiger partial charge in [-0.1, -0.05) is 37.0 Å². The average molecular weight is 416 g/mol. The molecule has 1 rings (SSSR count). The number of nitrogens with zero attached hydrogens (tertiary/aromatic N) is 1. The third-order valence-corrected chi connectivity index (χ3v) is 4.49. The number of carbonyl (C=O) groups excluding carboxylic acids is 3. The minimum Gasteiger partial charge on any atom is -0.501 e. The molecule has 1 amide bonds. The van der Waals surface area contributed by atoms with Crippen molar-refractivity contribution in [3.8, 4) is 0 Å². The molecule has 0 saturated heterocycles. The van der Waals surface area contributed by atoms with E-state index in [9.17, 15) is 14.4 Å². The van der Waals surface area contributed by atoms with Crippen LogP contribution in [0.1, 0.15) is 38.1 Å². The van der Waals surface area contributed by atoms with Crippen LogP contribution in [0, 0.1) is 5.92 Å². The number of allylic oxidation sites excluding steroid dienone is 1. The van der Waals surface area contributed by atoms with Crippen molar-refractivity contribution < 1.29 is 23.9 Å². The topological polar surface area (TPSA) is 72.9 Å². The molecule has 1 aromatic carbocycles. The summed E-state index contributed by atoms with van der Waals surface area (Å²) in [5.41, 5.74) is 0.00600. The highest BCUT2D eigenvalue weighted by molar-refractivity contribution is 6.45. The number of hydrogen-bond acceptors (Lipinski definition) is 5. The summed E-state index contributed by atoms with van der Waals surface area (Å²) in [6.45, 7) is 7.25. The lowest BCUT2D eigenvalue weighted by Crippen LogP contribution is -2.32. The Labute approximate surface area is 169 Å². The third kappa shape index (κ3) is 5.23. The van der Waals surface area contributed by atoms with Crippen molar-refractivity contribution in [2.45, 2.75) is 27.7 Å². The van der Waals surface area contributed by atoms with Crippen LogP contribution in [0.2, 0.25) is 10.0 Å². The van der Waals surface area contributed by atoms with Gasteiger partial charge >= 0.3 is 6.09 Å². The lowest BCUT2D eigenvalue weighted by molar-refractivity contribution is -0.118. The second-order valence-corrected chi connectivity index (χ2v) is 6.59. The summed E-state index contributed by atoms with van der Waals surface area (Å²) in [5, 5.41) is 0.179. The quantitative estimate of drug-likeness (QED) is 0.198. The Kier molecular flexibility index (Phi) is 8.79. The molecule has 0 aliphatic carbocycles. The van der Waals surface area contributed by atoms with Crippen molar-refractivity contribution >= 4 is 46.5 Å². The number of anilines is 1. The van der Waals surface area contributed by atoms with Crippen LogP contribution >= 0.6 is 23.2 Å². The standard InChI is InChI=1S/C19H23Cl2NO5/c1-6-22(19(25)26-5)16-12(8-9-14(20)15(16)21)18(24)13(10-27-7-2)17(23)11(3)4/h8-11H,6-7H2,1-5H3. The van der Waals surface area contributed by atoms with E-state index in [0.717, 1.165) is 6.26 Å². The fourth-order valence-electron chi connectivity index (χ4n) is 2.32. The van der Waals surface area contributed by atoms with Crippen molar-refractivity contribution in [3.05, 3.63) is 39.6 Å². The van der Waals surface area contributed by atoms with E-state index in [2.05, 4.69) is 0 Å². The van der Waals surface area contributed by atoms with Gasteiger partial charge in [-0.05, 0) is 26.0 Å². The number of ketones is 2. The predicted octanol–water partition coefficient (Wildman–Crippen LogP) is 4.91. The van der Waals surface area contributed by atoms with Gasteiger partial charge in [0.15, 0.2) is 5.78 Å². The largest absolute Gasteiger partial charge is 0.501 e. The Morgan fingerprint density at radius 3 is 2.30 bits per heavy atom. The van der Waals surface area contributed by atoms with E-state index in [1.807, 2.05) is 0 Å². The van der Waals surface area contributed by atoms with Crippen molar-refractivity contribution in [3.63, 3.8) is 0 Å². The van der Waals surface area contributed by atoms with Gasteiger partial charge in [0.25, 0.3) is 0 Å². The minimum atomic E-state index is -0.707. The Hall–Kier alpha value is -2.05. The molecule has 27 heavy (non-hydrogen) atoms. The van der Waals surface area contributed by atoms with Crippen LogP contribution in [-0.4, -0.2) is 37.9 Å². The zero-order valence-electron chi connectivity index (χ0n) is 16.0. The Bertz CT molecular complexity index is 759. The number of methoxy groups -OCH3 is 1. The molecular formula is C19H23Cl2NO5. The van der Waals surface area contributed by atoms with E-state index in [1.54, 1.807) is 27.7 Å². The minimum absolute atomic E-state index is 0.0162. The van der Waals surface area contributed by atoms with Crippen LogP contribution < -0.4 is 4.90 Å². The summed E-state index contributed by atoms with van der Waals surface area (Å²) in [4.78, 5) is 39.0. The second kappa shape index (κ2) is 10.3.